The molecule has 1 heterocycles. The zero-order valence-electron chi connectivity index (χ0n) is 14.6. The average Bonchev–Trinajstić information content (AvgIpc) is 2.60. The molecule has 2 aromatic carbocycles. The van der Waals surface area contributed by atoms with E-state index in [0.29, 0.717) is 12.1 Å². The molecule has 5 heteroatoms. The highest BCUT2D eigenvalue weighted by atomic mass is 19.1. The lowest BCUT2D eigenvalue weighted by Crippen LogP contribution is -2.58. The van der Waals surface area contributed by atoms with Crippen LogP contribution in [0.4, 0.5) is 10.1 Å². The number of nitrogens with zero attached hydrogens (tertiary/aromatic N) is 2. The lowest BCUT2D eigenvalue weighted by Gasteiger charge is -2.39. The Hall–Kier alpha value is -2.69. The minimum Gasteiger partial charge on any atom is -0.325 e. The minimum atomic E-state index is -0.637. The fourth-order valence-electron chi connectivity index (χ4n) is 3.08. The molecule has 3 rings (SSSR count). The molecule has 2 amide bonds. The van der Waals surface area contributed by atoms with E-state index in [4.69, 9.17) is 0 Å². The van der Waals surface area contributed by atoms with Crippen LogP contribution in [-0.4, -0.2) is 35.8 Å². The predicted octanol–water partition coefficient (Wildman–Crippen LogP) is 3.32. The molecule has 25 heavy (non-hydrogen) atoms. The van der Waals surface area contributed by atoms with Crippen molar-refractivity contribution in [3.8, 4) is 0 Å². The van der Waals surface area contributed by atoms with Gasteiger partial charge in [0, 0.05) is 18.7 Å². The summed E-state index contributed by atoms with van der Waals surface area (Å²) in [6.45, 7) is 6.14. The molecule has 1 saturated heterocycles. The molecule has 1 fully saturated rings. The first-order valence-corrected chi connectivity index (χ1v) is 8.33. The lowest BCUT2D eigenvalue weighted by molar-refractivity contribution is -0.124. The van der Waals surface area contributed by atoms with Gasteiger partial charge in [0.1, 0.15) is 11.9 Å². The molecular weight excluding hydrogens is 319 g/mol. The lowest BCUT2D eigenvalue weighted by atomic mass is 10.1. The summed E-state index contributed by atoms with van der Waals surface area (Å²) in [6, 6.07) is 11.3. The molecule has 1 atom stereocenters. The summed E-state index contributed by atoms with van der Waals surface area (Å²) in [7, 11) is 0. The van der Waals surface area contributed by atoms with Crippen molar-refractivity contribution in [2.45, 2.75) is 26.8 Å². The highest BCUT2D eigenvalue weighted by molar-refractivity contribution is 6.03. The van der Waals surface area contributed by atoms with Crippen molar-refractivity contribution < 1.29 is 14.0 Å². The maximum absolute atomic E-state index is 14.1. The average molecular weight is 340 g/mol. The first kappa shape index (κ1) is 17.1. The smallest absolute Gasteiger partial charge is 0.254 e. The highest BCUT2D eigenvalue weighted by Gasteiger charge is 2.36. The van der Waals surface area contributed by atoms with Gasteiger partial charge in [-0.05, 0) is 50.6 Å². The Morgan fingerprint density at radius 1 is 1.04 bits per heavy atom. The first-order chi connectivity index (χ1) is 11.9. The van der Waals surface area contributed by atoms with Crippen LogP contribution in [0.2, 0.25) is 0 Å². The number of anilines is 1. The van der Waals surface area contributed by atoms with Crippen molar-refractivity contribution in [2.24, 2.45) is 0 Å². The van der Waals surface area contributed by atoms with Crippen LogP contribution in [0.5, 0.6) is 0 Å². The number of benzene rings is 2. The molecular formula is C20H21FN2O2. The Bertz CT molecular complexity index is 817. The maximum atomic E-state index is 14.1. The number of rotatable bonds is 2. The molecule has 0 aromatic heterocycles. The largest absolute Gasteiger partial charge is 0.325 e. The predicted molar refractivity (Wildman–Crippen MR) is 95.2 cm³/mol. The molecule has 1 aliphatic heterocycles. The van der Waals surface area contributed by atoms with E-state index in [-0.39, 0.29) is 24.0 Å². The second-order valence-corrected chi connectivity index (χ2v) is 6.49. The molecule has 130 valence electrons. The van der Waals surface area contributed by atoms with Crippen molar-refractivity contribution in [1.29, 1.82) is 0 Å². The zero-order chi connectivity index (χ0) is 18.1. The molecule has 0 aliphatic carbocycles. The van der Waals surface area contributed by atoms with Crippen molar-refractivity contribution in [2.75, 3.05) is 18.0 Å². The van der Waals surface area contributed by atoms with Gasteiger partial charge in [-0.2, -0.15) is 0 Å². The number of piperazine rings is 1. The van der Waals surface area contributed by atoms with Crippen LogP contribution in [-0.2, 0) is 4.79 Å². The third-order valence-corrected chi connectivity index (χ3v) is 4.61. The monoisotopic (exact) mass is 340 g/mol. The molecule has 0 spiro atoms. The van der Waals surface area contributed by atoms with Crippen LogP contribution >= 0.6 is 0 Å². The summed E-state index contributed by atoms with van der Waals surface area (Å²) in [6.07, 6.45) is 0. The summed E-state index contributed by atoms with van der Waals surface area (Å²) in [5.74, 6) is -0.870. The molecule has 0 saturated carbocycles. The van der Waals surface area contributed by atoms with Crippen molar-refractivity contribution in [3.05, 3.63) is 65.0 Å². The molecule has 0 radical (unpaired) electrons. The van der Waals surface area contributed by atoms with E-state index in [2.05, 4.69) is 0 Å². The van der Waals surface area contributed by atoms with Gasteiger partial charge in [0.05, 0.1) is 5.69 Å². The minimum absolute atomic E-state index is 0.176. The summed E-state index contributed by atoms with van der Waals surface area (Å²) in [5.41, 5.74) is 2.79. The van der Waals surface area contributed by atoms with E-state index in [9.17, 15) is 14.0 Å². The number of carbonyl (C=O) groups excluding carboxylic acids is 2. The number of hydrogen-bond acceptors (Lipinski definition) is 2. The van der Waals surface area contributed by atoms with E-state index < -0.39 is 11.9 Å². The Morgan fingerprint density at radius 3 is 2.36 bits per heavy atom. The highest BCUT2D eigenvalue weighted by Crippen LogP contribution is 2.25. The summed E-state index contributed by atoms with van der Waals surface area (Å²) >= 11 is 0. The van der Waals surface area contributed by atoms with Gasteiger partial charge in [-0.3, -0.25) is 9.59 Å². The molecule has 4 nitrogen and oxygen atoms in total. The Labute approximate surface area is 146 Å². The SMILES string of the molecule is Cc1ccc(C(=O)N2CCN(c3cc(C)ccc3F)C(=O)[C@@H]2C)cc1. The van der Waals surface area contributed by atoms with E-state index in [1.807, 2.05) is 26.0 Å². The Balaban J connectivity index is 1.83. The molecule has 2 aromatic rings. The van der Waals surface area contributed by atoms with Gasteiger partial charge in [0.25, 0.3) is 5.91 Å². The second kappa shape index (κ2) is 6.67. The summed E-state index contributed by atoms with van der Waals surface area (Å²) in [5, 5.41) is 0. The standard InChI is InChI=1S/C20H21FN2O2/c1-13-4-7-16(8-5-13)20(25)22-10-11-23(19(24)15(22)3)18-12-14(2)6-9-17(18)21/h4-9,12,15H,10-11H2,1-3H3/t15-/m0/s1. The Morgan fingerprint density at radius 2 is 1.68 bits per heavy atom. The fourth-order valence-corrected chi connectivity index (χ4v) is 3.08. The molecule has 0 unspecified atom stereocenters. The van der Waals surface area contributed by atoms with Crippen LogP contribution in [0.15, 0.2) is 42.5 Å². The van der Waals surface area contributed by atoms with Crippen LogP contribution in [0.3, 0.4) is 0 Å². The number of amides is 2. The van der Waals surface area contributed by atoms with Gasteiger partial charge in [0.15, 0.2) is 0 Å². The molecule has 0 N–H and O–H groups in total. The number of aryl methyl sites for hydroxylation is 2. The quantitative estimate of drug-likeness (QED) is 0.841. The normalized spacial score (nSPS) is 17.8. The van der Waals surface area contributed by atoms with Crippen molar-refractivity contribution >= 4 is 17.5 Å². The number of hydrogen-bond donors (Lipinski definition) is 0. The van der Waals surface area contributed by atoms with Crippen LogP contribution in [0.1, 0.15) is 28.4 Å². The third kappa shape index (κ3) is 3.27. The second-order valence-electron chi connectivity index (χ2n) is 6.49. The van der Waals surface area contributed by atoms with Gasteiger partial charge in [-0.15, -0.1) is 0 Å². The summed E-state index contributed by atoms with van der Waals surface area (Å²) < 4.78 is 14.1. The zero-order valence-corrected chi connectivity index (χ0v) is 14.6. The van der Waals surface area contributed by atoms with Gasteiger partial charge in [-0.25, -0.2) is 4.39 Å². The maximum Gasteiger partial charge on any atom is 0.254 e. The first-order valence-electron chi connectivity index (χ1n) is 8.33. The van der Waals surface area contributed by atoms with E-state index >= 15 is 0 Å². The number of carbonyl (C=O) groups is 2. The van der Waals surface area contributed by atoms with Crippen LogP contribution < -0.4 is 4.90 Å². The van der Waals surface area contributed by atoms with Gasteiger partial charge < -0.3 is 9.80 Å². The van der Waals surface area contributed by atoms with Gasteiger partial charge >= 0.3 is 0 Å². The van der Waals surface area contributed by atoms with Gasteiger partial charge in [-0.1, -0.05) is 23.8 Å². The van der Waals surface area contributed by atoms with E-state index in [1.165, 1.54) is 11.0 Å². The van der Waals surface area contributed by atoms with Crippen molar-refractivity contribution in [1.82, 2.24) is 4.90 Å². The molecule has 1 aliphatic rings. The van der Waals surface area contributed by atoms with Crippen LogP contribution in [0, 0.1) is 19.7 Å². The molecule has 0 bridgehead atoms. The van der Waals surface area contributed by atoms with Gasteiger partial charge in [0.2, 0.25) is 5.91 Å². The van der Waals surface area contributed by atoms with Crippen LogP contribution in [0.25, 0.3) is 0 Å². The van der Waals surface area contributed by atoms with Crippen molar-refractivity contribution in [3.63, 3.8) is 0 Å². The number of halogens is 1. The van der Waals surface area contributed by atoms with E-state index in [0.717, 1.165) is 11.1 Å². The fraction of sp³-hybridized carbons (Fsp3) is 0.300. The van der Waals surface area contributed by atoms with E-state index in [1.54, 1.807) is 36.1 Å². The Kier molecular flexibility index (Phi) is 4.57. The topological polar surface area (TPSA) is 40.6 Å². The third-order valence-electron chi connectivity index (χ3n) is 4.61. The summed E-state index contributed by atoms with van der Waals surface area (Å²) in [4.78, 5) is 28.5.